The van der Waals surface area contributed by atoms with E-state index in [4.69, 9.17) is 14.2 Å². The smallest absolute Gasteiger partial charge is 0.306 e. The van der Waals surface area contributed by atoms with E-state index in [9.17, 15) is 14.4 Å². The van der Waals surface area contributed by atoms with Crippen LogP contribution in [0, 0.1) is 0 Å². The summed E-state index contributed by atoms with van der Waals surface area (Å²) in [7, 11) is 0. The van der Waals surface area contributed by atoms with E-state index in [-0.39, 0.29) is 38.0 Å². The minimum absolute atomic E-state index is 0.121. The van der Waals surface area contributed by atoms with Crippen molar-refractivity contribution in [3.05, 3.63) is 85.1 Å². The van der Waals surface area contributed by atoms with Gasteiger partial charge in [-0.2, -0.15) is 0 Å². The number of allylic oxidation sites excluding steroid dienone is 14. The summed E-state index contributed by atoms with van der Waals surface area (Å²) in [6, 6.07) is 0. The first-order valence-electron chi connectivity index (χ1n) is 24.2. The Morgan fingerprint density at radius 3 is 1.31 bits per heavy atom. The summed E-state index contributed by atoms with van der Waals surface area (Å²) >= 11 is 0. The molecule has 1 atom stereocenters. The predicted octanol–water partition coefficient (Wildman–Crippen LogP) is 15.6. The minimum Gasteiger partial charge on any atom is -0.462 e. The Hall–Kier alpha value is -3.41. The standard InChI is InChI=1S/C53H88O6/c1-4-7-10-13-16-19-22-25-26-29-31-34-37-40-43-46-52(55)58-49-50(59-53(56)47-44-41-38-35-32-28-24-21-18-15-12-9-6-3)48-57-51(54)45-42-39-36-33-30-27-23-20-17-14-11-8-5-2/h9,12,15,18,21,24,27-28,30,32,35-36,38-39,50H,4-8,10-11,13-14,16-17,19-20,22-23,25-26,29,31,33-34,37,40-49H2,1-3H3/b12-9-,18-15-,24-21-,30-27-,32-28-,38-35-,39-36-. The van der Waals surface area contributed by atoms with Crippen molar-refractivity contribution in [1.29, 1.82) is 0 Å². The molecule has 0 spiro atoms. The van der Waals surface area contributed by atoms with E-state index >= 15 is 0 Å². The zero-order valence-corrected chi connectivity index (χ0v) is 38.2. The van der Waals surface area contributed by atoms with Crippen LogP contribution < -0.4 is 0 Å². The molecule has 0 radical (unpaired) electrons. The summed E-state index contributed by atoms with van der Waals surface area (Å²) in [6.07, 6.45) is 60.2. The van der Waals surface area contributed by atoms with Gasteiger partial charge in [0.1, 0.15) is 13.2 Å². The first-order chi connectivity index (χ1) is 29.0. The molecule has 0 saturated carbocycles. The highest BCUT2D eigenvalue weighted by Gasteiger charge is 2.19. The molecule has 0 fully saturated rings. The first-order valence-corrected chi connectivity index (χ1v) is 24.2. The van der Waals surface area contributed by atoms with Crippen LogP contribution in [0.15, 0.2) is 85.1 Å². The molecule has 0 amide bonds. The summed E-state index contributed by atoms with van der Waals surface area (Å²) in [4.78, 5) is 37.8. The fourth-order valence-corrected chi connectivity index (χ4v) is 6.41. The van der Waals surface area contributed by atoms with Crippen LogP contribution in [0.4, 0.5) is 0 Å². The monoisotopic (exact) mass is 821 g/mol. The lowest BCUT2D eigenvalue weighted by atomic mass is 10.0. The lowest BCUT2D eigenvalue weighted by Gasteiger charge is -2.18. The van der Waals surface area contributed by atoms with Crippen LogP contribution in [0.25, 0.3) is 0 Å². The highest BCUT2D eigenvalue weighted by atomic mass is 16.6. The van der Waals surface area contributed by atoms with Crippen LogP contribution in [0.3, 0.4) is 0 Å². The van der Waals surface area contributed by atoms with Crippen LogP contribution in [-0.4, -0.2) is 37.2 Å². The molecule has 336 valence electrons. The molecule has 59 heavy (non-hydrogen) atoms. The van der Waals surface area contributed by atoms with Crippen LogP contribution in [0.2, 0.25) is 0 Å². The number of hydrogen-bond acceptors (Lipinski definition) is 6. The second-order valence-corrected chi connectivity index (χ2v) is 15.8. The maximum Gasteiger partial charge on any atom is 0.306 e. The molecule has 1 unspecified atom stereocenters. The van der Waals surface area contributed by atoms with E-state index in [0.717, 1.165) is 44.9 Å². The van der Waals surface area contributed by atoms with Gasteiger partial charge in [-0.3, -0.25) is 14.4 Å². The normalized spacial score (nSPS) is 12.8. The quantitative estimate of drug-likeness (QED) is 0.0201. The van der Waals surface area contributed by atoms with Crippen molar-refractivity contribution in [2.45, 2.75) is 219 Å². The number of carbonyl (C=O) groups excluding carboxylic acids is 3. The highest BCUT2D eigenvalue weighted by molar-refractivity contribution is 5.71. The van der Waals surface area contributed by atoms with Gasteiger partial charge in [0.15, 0.2) is 6.10 Å². The molecule has 0 rings (SSSR count). The Balaban J connectivity index is 4.54. The number of esters is 3. The first kappa shape index (κ1) is 55.6. The Morgan fingerprint density at radius 1 is 0.373 bits per heavy atom. The molecular formula is C53H88O6. The van der Waals surface area contributed by atoms with E-state index in [1.807, 2.05) is 60.8 Å². The molecule has 0 heterocycles. The van der Waals surface area contributed by atoms with Crippen molar-refractivity contribution in [2.75, 3.05) is 13.2 Å². The van der Waals surface area contributed by atoms with Crippen LogP contribution in [0.1, 0.15) is 213 Å². The molecule has 6 nitrogen and oxygen atoms in total. The molecule has 0 aromatic rings. The molecule has 0 aliphatic carbocycles. The molecule has 0 bridgehead atoms. The molecule has 0 aromatic carbocycles. The number of rotatable bonds is 42. The number of carbonyl (C=O) groups is 3. The molecular weight excluding hydrogens is 733 g/mol. The maximum atomic E-state index is 12.7. The summed E-state index contributed by atoms with van der Waals surface area (Å²) in [6.45, 7) is 6.36. The Bertz CT molecular complexity index is 1170. The largest absolute Gasteiger partial charge is 0.462 e. The number of unbranched alkanes of at least 4 members (excludes halogenated alkanes) is 21. The predicted molar refractivity (Wildman–Crippen MR) is 251 cm³/mol. The van der Waals surface area contributed by atoms with Gasteiger partial charge in [0, 0.05) is 19.3 Å². The van der Waals surface area contributed by atoms with Crippen LogP contribution >= 0.6 is 0 Å². The van der Waals surface area contributed by atoms with Gasteiger partial charge < -0.3 is 14.2 Å². The van der Waals surface area contributed by atoms with E-state index in [1.54, 1.807) is 0 Å². The van der Waals surface area contributed by atoms with Gasteiger partial charge in [0.2, 0.25) is 0 Å². The second kappa shape index (κ2) is 47.3. The lowest BCUT2D eigenvalue weighted by Crippen LogP contribution is -2.30. The Labute approximate surface area is 363 Å². The van der Waals surface area contributed by atoms with Crippen molar-refractivity contribution in [3.8, 4) is 0 Å². The fourth-order valence-electron chi connectivity index (χ4n) is 6.41. The van der Waals surface area contributed by atoms with E-state index in [0.29, 0.717) is 19.3 Å². The molecule has 0 aliphatic rings. The molecule has 6 heteroatoms. The number of ether oxygens (including phenoxy) is 3. The lowest BCUT2D eigenvalue weighted by molar-refractivity contribution is -0.166. The van der Waals surface area contributed by atoms with Gasteiger partial charge in [-0.05, 0) is 51.4 Å². The highest BCUT2D eigenvalue weighted by Crippen LogP contribution is 2.14. The summed E-state index contributed by atoms with van der Waals surface area (Å²) in [5, 5.41) is 0. The third kappa shape index (κ3) is 45.5. The summed E-state index contributed by atoms with van der Waals surface area (Å²) < 4.78 is 16.6. The third-order valence-corrected chi connectivity index (χ3v) is 10.0. The van der Waals surface area contributed by atoms with Crippen molar-refractivity contribution in [3.63, 3.8) is 0 Å². The minimum atomic E-state index is -0.833. The van der Waals surface area contributed by atoms with Crippen molar-refractivity contribution < 1.29 is 28.6 Å². The van der Waals surface area contributed by atoms with Gasteiger partial charge in [-0.15, -0.1) is 0 Å². The van der Waals surface area contributed by atoms with Crippen molar-refractivity contribution in [1.82, 2.24) is 0 Å². The number of hydrogen-bond donors (Lipinski definition) is 0. The summed E-state index contributed by atoms with van der Waals surface area (Å²) in [5.74, 6) is -1.07. The summed E-state index contributed by atoms with van der Waals surface area (Å²) in [5.41, 5.74) is 0. The van der Waals surface area contributed by atoms with Gasteiger partial charge in [0.25, 0.3) is 0 Å². The Kier molecular flexibility index (Phi) is 44.5. The second-order valence-electron chi connectivity index (χ2n) is 15.8. The molecule has 0 aliphatic heterocycles. The molecule has 0 N–H and O–H groups in total. The maximum absolute atomic E-state index is 12.7. The van der Waals surface area contributed by atoms with Crippen molar-refractivity contribution in [2.24, 2.45) is 0 Å². The van der Waals surface area contributed by atoms with E-state index in [2.05, 4.69) is 45.1 Å². The van der Waals surface area contributed by atoms with Gasteiger partial charge in [0.05, 0.1) is 0 Å². The van der Waals surface area contributed by atoms with Gasteiger partial charge >= 0.3 is 17.9 Å². The zero-order valence-electron chi connectivity index (χ0n) is 38.2. The third-order valence-electron chi connectivity index (χ3n) is 10.0. The molecule has 0 saturated heterocycles. The van der Waals surface area contributed by atoms with Crippen LogP contribution in [0.5, 0.6) is 0 Å². The van der Waals surface area contributed by atoms with E-state index in [1.165, 1.54) is 116 Å². The van der Waals surface area contributed by atoms with Gasteiger partial charge in [-0.1, -0.05) is 228 Å². The zero-order chi connectivity index (χ0) is 43.0. The fraction of sp³-hybridized carbons (Fsp3) is 0.679. The Morgan fingerprint density at radius 2 is 0.780 bits per heavy atom. The SMILES string of the molecule is CC\C=C/C=C\C=C/C=C\C=C/CCCC(=O)OC(COC(=O)CC/C=C\C/C=C\CCCCCCCC)COC(=O)CCCCCCCCCCCCCCCCC. The molecule has 0 aromatic heterocycles. The average Bonchev–Trinajstić information content (AvgIpc) is 3.23. The topological polar surface area (TPSA) is 78.9 Å². The van der Waals surface area contributed by atoms with Gasteiger partial charge in [-0.25, -0.2) is 0 Å². The van der Waals surface area contributed by atoms with E-state index < -0.39 is 12.1 Å². The average molecular weight is 821 g/mol. The van der Waals surface area contributed by atoms with Crippen molar-refractivity contribution >= 4 is 17.9 Å². The van der Waals surface area contributed by atoms with Crippen LogP contribution in [-0.2, 0) is 28.6 Å².